The number of carbonyl (C=O) groups excluding carboxylic acids is 1. The van der Waals surface area contributed by atoms with Gasteiger partial charge in [0.15, 0.2) is 11.5 Å². The Labute approximate surface area is 121 Å². The number of methoxy groups -OCH3 is 2. The largest absolute Gasteiger partial charge is 0.493 e. The number of esters is 1. The van der Waals surface area contributed by atoms with Crippen molar-refractivity contribution in [3.8, 4) is 11.5 Å². The molecule has 0 saturated carbocycles. The summed E-state index contributed by atoms with van der Waals surface area (Å²) in [5.41, 5.74) is 0.735. The Balaban J connectivity index is 3.20. The van der Waals surface area contributed by atoms with Crippen LogP contribution >= 0.6 is 15.9 Å². The van der Waals surface area contributed by atoms with E-state index in [0.717, 1.165) is 10.0 Å². The Bertz CT molecular complexity index is 451. The molecular weight excluding hydrogens is 314 g/mol. The molecule has 0 saturated heterocycles. The minimum atomic E-state index is -0.561. The van der Waals surface area contributed by atoms with Gasteiger partial charge in [-0.3, -0.25) is 0 Å². The summed E-state index contributed by atoms with van der Waals surface area (Å²) >= 11 is 3.43. The molecule has 0 bridgehead atoms. The highest BCUT2D eigenvalue weighted by Gasteiger charge is 2.24. The summed E-state index contributed by atoms with van der Waals surface area (Å²) in [6.07, 6.45) is 0. The molecule has 1 atom stereocenters. The molecule has 6 heteroatoms. The van der Waals surface area contributed by atoms with E-state index in [2.05, 4.69) is 21.2 Å². The molecule has 5 nitrogen and oxygen atoms in total. The van der Waals surface area contributed by atoms with Crippen LogP contribution in [-0.2, 0) is 9.53 Å². The quantitative estimate of drug-likeness (QED) is 0.810. The molecule has 1 aromatic carbocycles. The van der Waals surface area contributed by atoms with Gasteiger partial charge in [0.25, 0.3) is 0 Å². The van der Waals surface area contributed by atoms with Gasteiger partial charge in [-0.25, -0.2) is 4.79 Å². The molecular formula is C13H18BrNO4. The van der Waals surface area contributed by atoms with Crippen LogP contribution in [0.2, 0.25) is 0 Å². The van der Waals surface area contributed by atoms with Crippen LogP contribution in [-0.4, -0.2) is 33.8 Å². The molecule has 1 N–H and O–H groups in total. The molecule has 0 spiro atoms. The lowest BCUT2D eigenvalue weighted by Gasteiger charge is -2.18. The zero-order valence-corrected chi connectivity index (χ0v) is 13.0. The highest BCUT2D eigenvalue weighted by atomic mass is 79.9. The summed E-state index contributed by atoms with van der Waals surface area (Å²) in [4.78, 5) is 11.9. The maximum absolute atomic E-state index is 11.9. The van der Waals surface area contributed by atoms with Gasteiger partial charge in [0.2, 0.25) is 0 Å². The van der Waals surface area contributed by atoms with Crippen molar-refractivity contribution >= 4 is 21.9 Å². The standard InChI is InChI=1S/C13H18BrNO4/c1-5-19-13(16)12(15-2)8-6-10(17-3)11(18-4)7-9(8)14/h6-7,12,15H,5H2,1-4H3. The van der Waals surface area contributed by atoms with E-state index in [1.165, 1.54) is 0 Å². The molecule has 1 aromatic rings. The van der Waals surface area contributed by atoms with Crippen LogP contribution < -0.4 is 14.8 Å². The van der Waals surface area contributed by atoms with Crippen molar-refractivity contribution in [2.75, 3.05) is 27.9 Å². The van der Waals surface area contributed by atoms with Gasteiger partial charge in [0.1, 0.15) is 6.04 Å². The van der Waals surface area contributed by atoms with Crippen molar-refractivity contribution in [3.05, 3.63) is 22.2 Å². The van der Waals surface area contributed by atoms with E-state index in [1.54, 1.807) is 40.3 Å². The number of nitrogens with one attached hydrogen (secondary N) is 1. The molecule has 0 aliphatic carbocycles. The van der Waals surface area contributed by atoms with Crippen LogP contribution in [0.3, 0.4) is 0 Å². The Morgan fingerprint density at radius 2 is 1.89 bits per heavy atom. The number of likely N-dealkylation sites (N-methyl/N-ethyl adjacent to an activating group) is 1. The normalized spacial score (nSPS) is 11.8. The first-order valence-electron chi connectivity index (χ1n) is 5.84. The van der Waals surface area contributed by atoms with Crippen LogP contribution in [0.15, 0.2) is 16.6 Å². The third kappa shape index (κ3) is 3.61. The third-order valence-electron chi connectivity index (χ3n) is 2.62. The lowest BCUT2D eigenvalue weighted by atomic mass is 10.1. The Morgan fingerprint density at radius 3 is 2.37 bits per heavy atom. The second kappa shape index (κ2) is 7.35. The van der Waals surface area contributed by atoms with Crippen molar-refractivity contribution in [1.29, 1.82) is 0 Å². The second-order valence-electron chi connectivity index (χ2n) is 3.70. The van der Waals surface area contributed by atoms with Gasteiger partial charge in [0, 0.05) is 4.47 Å². The Kier molecular flexibility index (Phi) is 6.11. The van der Waals surface area contributed by atoms with Crippen LogP contribution in [0.5, 0.6) is 11.5 Å². The fourth-order valence-corrected chi connectivity index (χ4v) is 2.27. The number of benzene rings is 1. The smallest absolute Gasteiger partial charge is 0.327 e. The van der Waals surface area contributed by atoms with Crippen LogP contribution in [0.25, 0.3) is 0 Å². The topological polar surface area (TPSA) is 56.8 Å². The van der Waals surface area contributed by atoms with Gasteiger partial charge in [-0.1, -0.05) is 15.9 Å². The van der Waals surface area contributed by atoms with Crippen molar-refractivity contribution in [1.82, 2.24) is 5.32 Å². The molecule has 106 valence electrons. The summed E-state index contributed by atoms with van der Waals surface area (Å²) in [6, 6.07) is 2.95. The van der Waals surface area contributed by atoms with E-state index in [1.807, 2.05) is 0 Å². The number of ether oxygens (including phenoxy) is 3. The summed E-state index contributed by atoms with van der Waals surface area (Å²) in [5.74, 6) is 0.819. The molecule has 0 heterocycles. The van der Waals surface area contributed by atoms with Gasteiger partial charge in [-0.2, -0.15) is 0 Å². The number of carbonyl (C=O) groups is 1. The van der Waals surface area contributed by atoms with Crippen molar-refractivity contribution < 1.29 is 19.0 Å². The second-order valence-corrected chi connectivity index (χ2v) is 4.56. The van der Waals surface area contributed by atoms with Crippen molar-refractivity contribution in [2.45, 2.75) is 13.0 Å². The molecule has 0 aliphatic rings. The fraction of sp³-hybridized carbons (Fsp3) is 0.462. The zero-order chi connectivity index (χ0) is 14.4. The molecule has 1 unspecified atom stereocenters. The van der Waals surface area contributed by atoms with E-state index in [9.17, 15) is 4.79 Å². The summed E-state index contributed by atoms with van der Waals surface area (Å²) in [6.45, 7) is 2.11. The molecule has 19 heavy (non-hydrogen) atoms. The average Bonchev–Trinajstić information content (AvgIpc) is 2.41. The van der Waals surface area contributed by atoms with Gasteiger partial charge in [0.05, 0.1) is 20.8 Å². The van der Waals surface area contributed by atoms with Crippen molar-refractivity contribution in [2.24, 2.45) is 0 Å². The predicted octanol–water partition coefficient (Wildman–Crippen LogP) is 2.29. The SMILES string of the molecule is CCOC(=O)C(NC)c1cc(OC)c(OC)cc1Br. The van der Waals surface area contributed by atoms with Gasteiger partial charge in [-0.05, 0) is 31.7 Å². The first-order valence-corrected chi connectivity index (χ1v) is 6.63. The van der Waals surface area contributed by atoms with E-state index >= 15 is 0 Å². The molecule has 0 amide bonds. The summed E-state index contributed by atoms with van der Waals surface area (Å²) < 4.78 is 16.2. The number of hydrogen-bond donors (Lipinski definition) is 1. The Hall–Kier alpha value is -1.27. The van der Waals surface area contributed by atoms with Crippen molar-refractivity contribution in [3.63, 3.8) is 0 Å². The average molecular weight is 332 g/mol. The summed E-state index contributed by atoms with van der Waals surface area (Å²) in [7, 11) is 4.81. The van der Waals surface area contributed by atoms with Gasteiger partial charge < -0.3 is 19.5 Å². The van der Waals surface area contributed by atoms with E-state index in [4.69, 9.17) is 14.2 Å². The third-order valence-corrected chi connectivity index (χ3v) is 3.31. The number of halogens is 1. The maximum atomic E-state index is 11.9. The zero-order valence-electron chi connectivity index (χ0n) is 11.5. The first kappa shape index (κ1) is 15.8. The minimum Gasteiger partial charge on any atom is -0.493 e. The van der Waals surface area contributed by atoms with Crippen LogP contribution in [0.1, 0.15) is 18.5 Å². The minimum absolute atomic E-state index is 0.335. The maximum Gasteiger partial charge on any atom is 0.327 e. The molecule has 0 fully saturated rings. The summed E-state index contributed by atoms with van der Waals surface area (Å²) in [5, 5.41) is 2.93. The lowest BCUT2D eigenvalue weighted by molar-refractivity contribution is -0.145. The Morgan fingerprint density at radius 1 is 1.32 bits per heavy atom. The van der Waals surface area contributed by atoms with E-state index in [0.29, 0.717) is 18.1 Å². The van der Waals surface area contributed by atoms with Crippen LogP contribution in [0, 0.1) is 0 Å². The lowest BCUT2D eigenvalue weighted by Crippen LogP contribution is -2.27. The number of hydrogen-bond acceptors (Lipinski definition) is 5. The number of rotatable bonds is 6. The first-order chi connectivity index (χ1) is 9.08. The monoisotopic (exact) mass is 331 g/mol. The molecule has 0 radical (unpaired) electrons. The van der Waals surface area contributed by atoms with Gasteiger partial charge in [-0.15, -0.1) is 0 Å². The van der Waals surface area contributed by atoms with E-state index in [-0.39, 0.29) is 5.97 Å². The molecule has 0 aromatic heterocycles. The highest BCUT2D eigenvalue weighted by Crippen LogP contribution is 2.36. The van der Waals surface area contributed by atoms with Gasteiger partial charge >= 0.3 is 5.97 Å². The molecule has 1 rings (SSSR count). The molecule has 0 aliphatic heterocycles. The van der Waals surface area contributed by atoms with Crippen LogP contribution in [0.4, 0.5) is 0 Å². The fourth-order valence-electron chi connectivity index (χ4n) is 1.72. The highest BCUT2D eigenvalue weighted by molar-refractivity contribution is 9.10. The van der Waals surface area contributed by atoms with E-state index < -0.39 is 6.04 Å². The predicted molar refractivity (Wildman–Crippen MR) is 75.7 cm³/mol.